The molecule has 0 unspecified atom stereocenters. The lowest BCUT2D eigenvalue weighted by Gasteiger charge is -2.09. The summed E-state index contributed by atoms with van der Waals surface area (Å²) < 4.78 is 49.8. The molecule has 0 amide bonds. The summed E-state index contributed by atoms with van der Waals surface area (Å²) in [7, 11) is 0. The minimum Gasteiger partial charge on any atom is -0.293 e. The van der Waals surface area contributed by atoms with E-state index < -0.39 is 34.8 Å². The second kappa shape index (κ2) is 4.18. The van der Waals surface area contributed by atoms with Crippen LogP contribution in [0.2, 0.25) is 0 Å². The maximum atomic E-state index is 13.2. The van der Waals surface area contributed by atoms with Crippen LogP contribution in [0.15, 0.2) is 18.2 Å². The Morgan fingerprint density at radius 1 is 1.33 bits per heavy atom. The van der Waals surface area contributed by atoms with Gasteiger partial charge in [-0.05, 0) is 12.1 Å². The van der Waals surface area contributed by atoms with E-state index in [9.17, 15) is 22.4 Å². The summed E-state index contributed by atoms with van der Waals surface area (Å²) in [5, 5.41) is 0. The van der Waals surface area contributed by atoms with Crippen molar-refractivity contribution >= 4 is 17.4 Å². The third kappa shape index (κ3) is 2.47. The van der Waals surface area contributed by atoms with Crippen LogP contribution in [-0.2, 0) is 6.18 Å². The van der Waals surface area contributed by atoms with Crippen molar-refractivity contribution in [2.45, 2.75) is 6.18 Å². The van der Waals surface area contributed by atoms with Crippen LogP contribution in [0, 0.1) is 5.82 Å². The maximum Gasteiger partial charge on any atom is 0.419 e. The molecule has 0 aliphatic rings. The minimum absolute atomic E-state index is 0.557. The van der Waals surface area contributed by atoms with Gasteiger partial charge in [0.2, 0.25) is 0 Å². The van der Waals surface area contributed by atoms with Gasteiger partial charge >= 0.3 is 6.18 Å². The Hall–Kier alpha value is -1.10. The molecule has 0 aromatic heterocycles. The SMILES string of the molecule is O=C(CCl)c1cccc(C(F)(F)F)c1F. The number of carbonyl (C=O) groups is 1. The molecule has 0 aliphatic carbocycles. The van der Waals surface area contributed by atoms with Crippen molar-refractivity contribution in [2.75, 3.05) is 5.88 Å². The first-order valence-corrected chi connectivity index (χ1v) is 4.36. The Morgan fingerprint density at radius 3 is 2.40 bits per heavy atom. The zero-order valence-corrected chi connectivity index (χ0v) is 7.99. The number of Topliss-reactive ketones (excluding diaryl/α,β-unsaturated/α-hetero) is 1. The van der Waals surface area contributed by atoms with E-state index >= 15 is 0 Å². The number of ketones is 1. The van der Waals surface area contributed by atoms with Crippen LogP contribution in [0.5, 0.6) is 0 Å². The number of hydrogen-bond donors (Lipinski definition) is 0. The highest BCUT2D eigenvalue weighted by molar-refractivity contribution is 6.30. The zero-order chi connectivity index (χ0) is 11.6. The molecule has 0 saturated heterocycles. The summed E-state index contributed by atoms with van der Waals surface area (Å²) >= 11 is 5.13. The van der Waals surface area contributed by atoms with Crippen LogP contribution in [0.25, 0.3) is 0 Å². The Kier molecular flexibility index (Phi) is 3.34. The van der Waals surface area contributed by atoms with E-state index in [4.69, 9.17) is 11.6 Å². The number of rotatable bonds is 2. The highest BCUT2D eigenvalue weighted by Gasteiger charge is 2.35. The molecule has 0 atom stereocenters. The van der Waals surface area contributed by atoms with Crippen molar-refractivity contribution in [3.8, 4) is 0 Å². The molecule has 15 heavy (non-hydrogen) atoms. The fourth-order valence-corrected chi connectivity index (χ4v) is 1.18. The number of carbonyl (C=O) groups excluding carboxylic acids is 1. The van der Waals surface area contributed by atoms with Crippen molar-refractivity contribution in [3.05, 3.63) is 35.1 Å². The van der Waals surface area contributed by atoms with E-state index in [2.05, 4.69) is 0 Å². The Morgan fingerprint density at radius 2 is 1.93 bits per heavy atom. The van der Waals surface area contributed by atoms with Gasteiger partial charge in [0, 0.05) is 0 Å². The molecule has 6 heteroatoms. The first-order valence-electron chi connectivity index (χ1n) is 3.82. The fraction of sp³-hybridized carbons (Fsp3) is 0.222. The quantitative estimate of drug-likeness (QED) is 0.441. The Labute approximate surface area is 87.7 Å². The van der Waals surface area contributed by atoms with Crippen molar-refractivity contribution in [1.82, 2.24) is 0 Å². The molecule has 0 bridgehead atoms. The van der Waals surface area contributed by atoms with Gasteiger partial charge in [0.05, 0.1) is 17.0 Å². The molecular weight excluding hydrogens is 236 g/mol. The lowest BCUT2D eigenvalue weighted by Crippen LogP contribution is -2.12. The predicted molar refractivity (Wildman–Crippen MR) is 46.5 cm³/mol. The first kappa shape index (κ1) is 12.0. The van der Waals surface area contributed by atoms with E-state index in [1.165, 1.54) is 0 Å². The van der Waals surface area contributed by atoms with Gasteiger partial charge in [0.25, 0.3) is 0 Å². The van der Waals surface area contributed by atoms with E-state index in [-0.39, 0.29) is 0 Å². The summed E-state index contributed by atoms with van der Waals surface area (Å²) in [6, 6.07) is 2.50. The van der Waals surface area contributed by atoms with Crippen LogP contribution in [0.3, 0.4) is 0 Å². The first-order chi connectivity index (χ1) is 6.88. The fourth-order valence-electron chi connectivity index (χ4n) is 1.04. The smallest absolute Gasteiger partial charge is 0.293 e. The average Bonchev–Trinajstić information content (AvgIpc) is 2.15. The van der Waals surface area contributed by atoms with Gasteiger partial charge in [0.1, 0.15) is 5.82 Å². The van der Waals surface area contributed by atoms with Crippen molar-refractivity contribution in [2.24, 2.45) is 0 Å². The molecule has 0 radical (unpaired) electrons. The monoisotopic (exact) mass is 240 g/mol. The number of alkyl halides is 4. The molecule has 0 heterocycles. The molecule has 1 rings (SSSR count). The van der Waals surface area contributed by atoms with Crippen LogP contribution in [-0.4, -0.2) is 11.7 Å². The molecule has 1 aromatic rings. The summed E-state index contributed by atoms with van der Waals surface area (Å²) in [5.41, 5.74) is -2.10. The van der Waals surface area contributed by atoms with E-state index in [1.54, 1.807) is 0 Å². The molecule has 0 aliphatic heterocycles. The topological polar surface area (TPSA) is 17.1 Å². The Bertz CT molecular complexity index is 386. The molecular formula is C9H5ClF4O. The summed E-state index contributed by atoms with van der Waals surface area (Å²) in [6.45, 7) is 0. The standard InChI is InChI=1S/C9H5ClF4O/c10-4-7(15)5-2-1-3-6(8(5)11)9(12,13)14/h1-3H,4H2. The normalized spacial score (nSPS) is 11.5. The number of halogens is 5. The maximum absolute atomic E-state index is 13.2. The second-order valence-corrected chi connectivity index (χ2v) is 2.99. The van der Waals surface area contributed by atoms with Gasteiger partial charge in [-0.2, -0.15) is 13.2 Å². The third-order valence-corrected chi connectivity index (χ3v) is 1.97. The van der Waals surface area contributed by atoms with Gasteiger partial charge in [-0.25, -0.2) is 4.39 Å². The largest absolute Gasteiger partial charge is 0.419 e. The zero-order valence-electron chi connectivity index (χ0n) is 7.24. The van der Waals surface area contributed by atoms with E-state index in [0.29, 0.717) is 6.07 Å². The van der Waals surface area contributed by atoms with Gasteiger partial charge in [0.15, 0.2) is 5.78 Å². The van der Waals surface area contributed by atoms with E-state index in [1.807, 2.05) is 0 Å². The number of benzene rings is 1. The van der Waals surface area contributed by atoms with Crippen LogP contribution >= 0.6 is 11.6 Å². The van der Waals surface area contributed by atoms with Gasteiger partial charge < -0.3 is 0 Å². The molecule has 0 spiro atoms. The average molecular weight is 241 g/mol. The van der Waals surface area contributed by atoms with Gasteiger partial charge in [-0.15, -0.1) is 11.6 Å². The van der Waals surface area contributed by atoms with Crippen molar-refractivity contribution in [3.63, 3.8) is 0 Å². The highest BCUT2D eigenvalue weighted by atomic mass is 35.5. The molecule has 0 N–H and O–H groups in total. The van der Waals surface area contributed by atoms with Crippen LogP contribution in [0.1, 0.15) is 15.9 Å². The van der Waals surface area contributed by atoms with E-state index in [0.717, 1.165) is 12.1 Å². The summed E-state index contributed by atoms with van der Waals surface area (Å²) in [6.07, 6.45) is -4.81. The number of hydrogen-bond acceptors (Lipinski definition) is 1. The van der Waals surface area contributed by atoms with Crippen molar-refractivity contribution in [1.29, 1.82) is 0 Å². The van der Waals surface area contributed by atoms with Gasteiger partial charge in [-0.1, -0.05) is 6.07 Å². The summed E-state index contributed by atoms with van der Waals surface area (Å²) in [4.78, 5) is 11.0. The predicted octanol–water partition coefficient (Wildman–Crippen LogP) is 3.27. The van der Waals surface area contributed by atoms with Crippen LogP contribution < -0.4 is 0 Å². The molecule has 0 saturated carbocycles. The molecule has 0 fully saturated rings. The Balaban J connectivity index is 3.30. The van der Waals surface area contributed by atoms with Crippen molar-refractivity contribution < 1.29 is 22.4 Å². The van der Waals surface area contributed by atoms with Gasteiger partial charge in [-0.3, -0.25) is 4.79 Å². The second-order valence-electron chi connectivity index (χ2n) is 2.72. The highest BCUT2D eigenvalue weighted by Crippen LogP contribution is 2.32. The lowest BCUT2D eigenvalue weighted by atomic mass is 10.1. The molecule has 1 nitrogen and oxygen atoms in total. The lowest BCUT2D eigenvalue weighted by molar-refractivity contribution is -0.140. The summed E-state index contributed by atoms with van der Waals surface area (Å²) in [5.74, 6) is -3.01. The van der Waals surface area contributed by atoms with Crippen LogP contribution in [0.4, 0.5) is 17.6 Å². The minimum atomic E-state index is -4.81. The third-order valence-electron chi connectivity index (χ3n) is 1.73. The molecule has 1 aromatic carbocycles. The molecule has 82 valence electrons.